The SMILES string of the molecule is CC(N)(CO)CCOc1ccc(F)cc1. The quantitative estimate of drug-likeness (QED) is 0.775. The molecule has 0 saturated carbocycles. The van der Waals surface area contributed by atoms with Crippen molar-refractivity contribution < 1.29 is 14.2 Å². The predicted molar refractivity (Wildman–Crippen MR) is 56.2 cm³/mol. The maximum atomic E-state index is 12.5. The van der Waals surface area contributed by atoms with Gasteiger partial charge < -0.3 is 15.6 Å². The number of ether oxygens (including phenoxy) is 1. The molecule has 0 aromatic heterocycles. The van der Waals surface area contributed by atoms with Gasteiger partial charge in [0.1, 0.15) is 11.6 Å². The van der Waals surface area contributed by atoms with Gasteiger partial charge in [-0.2, -0.15) is 0 Å². The van der Waals surface area contributed by atoms with E-state index in [4.69, 9.17) is 15.6 Å². The number of rotatable bonds is 5. The molecule has 0 saturated heterocycles. The predicted octanol–water partition coefficient (Wildman–Crippen LogP) is 1.30. The van der Waals surface area contributed by atoms with Crippen molar-refractivity contribution in [2.45, 2.75) is 18.9 Å². The van der Waals surface area contributed by atoms with Crippen LogP contribution in [0.3, 0.4) is 0 Å². The van der Waals surface area contributed by atoms with Crippen LogP contribution in [0, 0.1) is 5.82 Å². The van der Waals surface area contributed by atoms with Gasteiger partial charge in [-0.3, -0.25) is 0 Å². The summed E-state index contributed by atoms with van der Waals surface area (Å²) in [6.07, 6.45) is 0.543. The minimum Gasteiger partial charge on any atom is -0.494 e. The molecule has 0 aliphatic heterocycles. The van der Waals surface area contributed by atoms with E-state index < -0.39 is 5.54 Å². The van der Waals surface area contributed by atoms with Crippen molar-refractivity contribution in [3.05, 3.63) is 30.1 Å². The Labute approximate surface area is 88.7 Å². The molecule has 15 heavy (non-hydrogen) atoms. The van der Waals surface area contributed by atoms with Crippen molar-refractivity contribution in [3.8, 4) is 5.75 Å². The minimum atomic E-state index is -0.625. The largest absolute Gasteiger partial charge is 0.494 e. The monoisotopic (exact) mass is 213 g/mol. The summed E-state index contributed by atoms with van der Waals surface area (Å²) >= 11 is 0. The molecule has 0 aliphatic carbocycles. The smallest absolute Gasteiger partial charge is 0.123 e. The third-order valence-electron chi connectivity index (χ3n) is 2.12. The number of benzene rings is 1. The van der Waals surface area contributed by atoms with E-state index in [9.17, 15) is 4.39 Å². The Kier molecular flexibility index (Phi) is 4.05. The molecular formula is C11H16FNO2. The molecule has 84 valence electrons. The Morgan fingerprint density at radius 3 is 2.53 bits per heavy atom. The number of aliphatic hydroxyl groups excluding tert-OH is 1. The molecule has 1 atom stereocenters. The zero-order valence-electron chi connectivity index (χ0n) is 8.74. The summed E-state index contributed by atoms with van der Waals surface area (Å²) in [6, 6.07) is 5.79. The second-order valence-corrected chi connectivity index (χ2v) is 3.86. The van der Waals surface area contributed by atoms with Crippen LogP contribution in [0.15, 0.2) is 24.3 Å². The second kappa shape index (κ2) is 5.09. The van der Waals surface area contributed by atoms with Gasteiger partial charge in [-0.25, -0.2) is 4.39 Å². The number of hydrogen-bond acceptors (Lipinski definition) is 3. The number of nitrogens with two attached hydrogens (primary N) is 1. The van der Waals surface area contributed by atoms with Crippen molar-refractivity contribution in [2.75, 3.05) is 13.2 Å². The van der Waals surface area contributed by atoms with Crippen molar-refractivity contribution in [1.82, 2.24) is 0 Å². The van der Waals surface area contributed by atoms with Gasteiger partial charge in [-0.1, -0.05) is 0 Å². The number of halogens is 1. The van der Waals surface area contributed by atoms with Gasteiger partial charge >= 0.3 is 0 Å². The summed E-state index contributed by atoms with van der Waals surface area (Å²) in [5.74, 6) is 0.312. The van der Waals surface area contributed by atoms with Crippen molar-refractivity contribution in [2.24, 2.45) is 5.73 Å². The van der Waals surface area contributed by atoms with Gasteiger partial charge in [-0.05, 0) is 31.2 Å². The summed E-state index contributed by atoms with van der Waals surface area (Å²) in [5, 5.41) is 8.90. The fourth-order valence-electron chi connectivity index (χ4n) is 1.01. The van der Waals surface area contributed by atoms with Gasteiger partial charge in [0.2, 0.25) is 0 Å². The molecule has 0 spiro atoms. The Hall–Kier alpha value is -1.13. The lowest BCUT2D eigenvalue weighted by molar-refractivity contribution is 0.175. The third-order valence-corrected chi connectivity index (χ3v) is 2.12. The van der Waals surface area contributed by atoms with E-state index in [-0.39, 0.29) is 12.4 Å². The van der Waals surface area contributed by atoms with Crippen LogP contribution < -0.4 is 10.5 Å². The van der Waals surface area contributed by atoms with Crippen molar-refractivity contribution >= 4 is 0 Å². The molecule has 0 amide bonds. The molecule has 1 unspecified atom stereocenters. The second-order valence-electron chi connectivity index (χ2n) is 3.86. The molecule has 0 bridgehead atoms. The first-order chi connectivity index (χ1) is 7.03. The summed E-state index contributed by atoms with van der Waals surface area (Å²) in [7, 11) is 0. The standard InChI is InChI=1S/C11H16FNO2/c1-11(13,8-14)6-7-15-10-4-2-9(12)3-5-10/h2-5,14H,6-8,13H2,1H3. The lowest BCUT2D eigenvalue weighted by atomic mass is 10.0. The molecule has 4 heteroatoms. The molecule has 0 fully saturated rings. The highest BCUT2D eigenvalue weighted by Gasteiger charge is 2.16. The van der Waals surface area contributed by atoms with Gasteiger partial charge in [0.05, 0.1) is 13.2 Å². The molecule has 0 aliphatic rings. The Bertz CT molecular complexity index is 298. The topological polar surface area (TPSA) is 55.5 Å². The molecule has 0 heterocycles. The average Bonchev–Trinajstić information content (AvgIpc) is 2.21. The Morgan fingerprint density at radius 1 is 1.40 bits per heavy atom. The van der Waals surface area contributed by atoms with E-state index >= 15 is 0 Å². The van der Waals surface area contributed by atoms with Crippen LogP contribution in [0.1, 0.15) is 13.3 Å². The Balaban J connectivity index is 2.35. The van der Waals surface area contributed by atoms with Crippen molar-refractivity contribution in [1.29, 1.82) is 0 Å². The zero-order valence-corrected chi connectivity index (χ0v) is 8.74. The number of hydrogen-bond donors (Lipinski definition) is 2. The molecule has 1 aromatic rings. The molecule has 3 nitrogen and oxygen atoms in total. The van der Waals surface area contributed by atoms with E-state index in [2.05, 4.69) is 0 Å². The first-order valence-electron chi connectivity index (χ1n) is 4.82. The highest BCUT2D eigenvalue weighted by atomic mass is 19.1. The number of aliphatic hydroxyl groups is 1. The zero-order chi connectivity index (χ0) is 11.3. The fraction of sp³-hybridized carbons (Fsp3) is 0.455. The first kappa shape index (κ1) is 11.9. The van der Waals surface area contributed by atoms with Crippen LogP contribution in [0.25, 0.3) is 0 Å². The van der Waals surface area contributed by atoms with Crippen LogP contribution in [0.5, 0.6) is 5.75 Å². The summed E-state index contributed by atoms with van der Waals surface area (Å²) in [6.45, 7) is 2.07. The van der Waals surface area contributed by atoms with E-state index in [0.717, 1.165) is 0 Å². The summed E-state index contributed by atoms with van der Waals surface area (Å²) < 4.78 is 17.9. The van der Waals surface area contributed by atoms with Crippen molar-refractivity contribution in [3.63, 3.8) is 0 Å². The van der Waals surface area contributed by atoms with Gasteiger partial charge in [-0.15, -0.1) is 0 Å². The van der Waals surface area contributed by atoms with Crippen LogP contribution in [-0.4, -0.2) is 23.9 Å². The van der Waals surface area contributed by atoms with Gasteiger partial charge in [0.15, 0.2) is 0 Å². The molecule has 1 rings (SSSR count). The molecule has 1 aromatic carbocycles. The lowest BCUT2D eigenvalue weighted by Crippen LogP contribution is -2.41. The fourth-order valence-corrected chi connectivity index (χ4v) is 1.01. The van der Waals surface area contributed by atoms with E-state index in [0.29, 0.717) is 18.8 Å². The maximum absolute atomic E-state index is 12.5. The minimum absolute atomic E-state index is 0.0836. The third kappa shape index (κ3) is 4.27. The maximum Gasteiger partial charge on any atom is 0.123 e. The van der Waals surface area contributed by atoms with E-state index in [1.807, 2.05) is 0 Å². The lowest BCUT2D eigenvalue weighted by Gasteiger charge is -2.21. The van der Waals surface area contributed by atoms with Crippen LogP contribution in [0.2, 0.25) is 0 Å². The average molecular weight is 213 g/mol. The highest BCUT2D eigenvalue weighted by Crippen LogP contribution is 2.12. The summed E-state index contributed by atoms with van der Waals surface area (Å²) in [4.78, 5) is 0. The normalized spacial score (nSPS) is 14.7. The van der Waals surface area contributed by atoms with Crippen LogP contribution in [0.4, 0.5) is 4.39 Å². The highest BCUT2D eigenvalue weighted by molar-refractivity contribution is 5.21. The van der Waals surface area contributed by atoms with Crippen LogP contribution >= 0.6 is 0 Å². The molecule has 0 radical (unpaired) electrons. The first-order valence-corrected chi connectivity index (χ1v) is 4.82. The van der Waals surface area contributed by atoms with E-state index in [1.54, 1.807) is 19.1 Å². The van der Waals surface area contributed by atoms with Gasteiger partial charge in [0, 0.05) is 12.0 Å². The summed E-state index contributed by atoms with van der Waals surface area (Å²) in [5.41, 5.74) is 5.09. The Morgan fingerprint density at radius 2 is 2.00 bits per heavy atom. The van der Waals surface area contributed by atoms with Crippen LogP contribution in [-0.2, 0) is 0 Å². The molecule has 3 N–H and O–H groups in total. The van der Waals surface area contributed by atoms with E-state index in [1.165, 1.54) is 12.1 Å². The molecular weight excluding hydrogens is 197 g/mol. The van der Waals surface area contributed by atoms with Gasteiger partial charge in [0.25, 0.3) is 0 Å².